The number of benzene rings is 1. The van der Waals surface area contributed by atoms with Gasteiger partial charge in [0, 0.05) is 6.54 Å². The smallest absolute Gasteiger partial charge is 0.387 e. The maximum Gasteiger partial charge on any atom is 0.387 e. The van der Waals surface area contributed by atoms with Gasteiger partial charge in [-0.1, -0.05) is 12.1 Å². The minimum Gasteiger partial charge on any atom is -0.434 e. The summed E-state index contributed by atoms with van der Waals surface area (Å²) >= 11 is 0. The highest BCUT2D eigenvalue weighted by Gasteiger charge is 2.24. The lowest BCUT2D eigenvalue weighted by Crippen LogP contribution is -2.34. The molecule has 22 heavy (non-hydrogen) atoms. The molecular formula is C14H17F2NO4S. The normalized spacial score (nSPS) is 18.1. The summed E-state index contributed by atoms with van der Waals surface area (Å²) in [6.07, 6.45) is 0.996. The van der Waals surface area contributed by atoms with Gasteiger partial charge < -0.3 is 10.1 Å². The summed E-state index contributed by atoms with van der Waals surface area (Å²) in [5.74, 6) is -0.362. The molecule has 1 aliphatic heterocycles. The van der Waals surface area contributed by atoms with E-state index in [0.29, 0.717) is 19.4 Å². The fourth-order valence-electron chi connectivity index (χ4n) is 2.33. The van der Waals surface area contributed by atoms with Crippen molar-refractivity contribution in [3.05, 3.63) is 29.8 Å². The van der Waals surface area contributed by atoms with Gasteiger partial charge in [0.15, 0.2) is 0 Å². The van der Waals surface area contributed by atoms with Gasteiger partial charge in [0.2, 0.25) is 0 Å². The number of sulfone groups is 1. The van der Waals surface area contributed by atoms with Crippen LogP contribution in [-0.4, -0.2) is 39.0 Å². The van der Waals surface area contributed by atoms with E-state index in [4.69, 9.17) is 0 Å². The van der Waals surface area contributed by atoms with Gasteiger partial charge in [-0.05, 0) is 30.9 Å². The molecular weight excluding hydrogens is 316 g/mol. The summed E-state index contributed by atoms with van der Waals surface area (Å²) in [7, 11) is -2.94. The van der Waals surface area contributed by atoms with E-state index in [1.165, 1.54) is 18.2 Å². The van der Waals surface area contributed by atoms with Crippen molar-refractivity contribution in [3.8, 4) is 5.75 Å². The van der Waals surface area contributed by atoms with E-state index < -0.39 is 22.4 Å². The number of carbonyl (C=O) groups excluding carboxylic acids is 1. The minimum absolute atomic E-state index is 0.0335. The van der Waals surface area contributed by atoms with Crippen molar-refractivity contribution in [3.63, 3.8) is 0 Å². The van der Waals surface area contributed by atoms with E-state index in [9.17, 15) is 22.0 Å². The molecule has 0 aromatic heterocycles. The molecule has 1 aromatic rings. The van der Waals surface area contributed by atoms with Crippen molar-refractivity contribution >= 4 is 15.7 Å². The molecule has 2 rings (SSSR count). The lowest BCUT2D eigenvalue weighted by molar-refractivity contribution is -0.0501. The monoisotopic (exact) mass is 333 g/mol. The van der Waals surface area contributed by atoms with Crippen LogP contribution in [0.25, 0.3) is 0 Å². The number of nitrogens with one attached hydrogen (secondary N) is 1. The molecule has 0 radical (unpaired) electrons. The van der Waals surface area contributed by atoms with Gasteiger partial charge in [-0.2, -0.15) is 8.78 Å². The first-order valence-corrected chi connectivity index (χ1v) is 8.72. The highest BCUT2D eigenvalue weighted by molar-refractivity contribution is 7.91. The number of para-hydroxylation sites is 1. The molecule has 1 aliphatic rings. The predicted molar refractivity (Wildman–Crippen MR) is 76.8 cm³/mol. The van der Waals surface area contributed by atoms with E-state index in [1.54, 1.807) is 6.07 Å². The number of amides is 1. The molecule has 1 fully saturated rings. The van der Waals surface area contributed by atoms with Crippen LogP contribution in [0, 0.1) is 5.92 Å². The van der Waals surface area contributed by atoms with Crippen LogP contribution < -0.4 is 10.1 Å². The largest absolute Gasteiger partial charge is 0.434 e. The molecule has 1 heterocycles. The molecule has 0 aliphatic carbocycles. The fraction of sp³-hybridized carbons (Fsp3) is 0.500. The summed E-state index contributed by atoms with van der Waals surface area (Å²) in [6, 6.07) is 5.76. The molecule has 0 bridgehead atoms. The van der Waals surface area contributed by atoms with Crippen LogP contribution in [0.1, 0.15) is 23.2 Å². The van der Waals surface area contributed by atoms with Crippen LogP contribution in [-0.2, 0) is 9.84 Å². The first-order chi connectivity index (χ1) is 10.4. The van der Waals surface area contributed by atoms with Gasteiger partial charge in [0.1, 0.15) is 15.6 Å². The Morgan fingerprint density at radius 2 is 1.91 bits per heavy atom. The quantitative estimate of drug-likeness (QED) is 0.892. The Balaban J connectivity index is 1.93. The molecule has 8 heteroatoms. The van der Waals surface area contributed by atoms with E-state index >= 15 is 0 Å². The van der Waals surface area contributed by atoms with Crippen LogP contribution in [0.2, 0.25) is 0 Å². The Bertz CT molecular complexity index is 619. The molecule has 1 amide bonds. The number of rotatable bonds is 5. The molecule has 0 atom stereocenters. The highest BCUT2D eigenvalue weighted by Crippen LogP contribution is 2.21. The molecule has 1 N–H and O–H groups in total. The van der Waals surface area contributed by atoms with Crippen LogP contribution >= 0.6 is 0 Å². The average Bonchev–Trinajstić information content (AvgIpc) is 2.46. The van der Waals surface area contributed by atoms with Crippen molar-refractivity contribution < 1.29 is 26.7 Å². The van der Waals surface area contributed by atoms with Crippen LogP contribution in [0.3, 0.4) is 0 Å². The lowest BCUT2D eigenvalue weighted by atomic mass is 10.0. The first kappa shape index (κ1) is 16.7. The molecule has 1 saturated heterocycles. The fourth-order valence-corrected chi connectivity index (χ4v) is 3.92. The summed E-state index contributed by atoms with van der Waals surface area (Å²) in [4.78, 5) is 12.1. The molecule has 122 valence electrons. The Labute approximate surface area is 127 Å². The van der Waals surface area contributed by atoms with Crippen molar-refractivity contribution in [2.24, 2.45) is 5.92 Å². The Hall–Kier alpha value is -1.70. The van der Waals surface area contributed by atoms with E-state index in [0.717, 1.165) is 0 Å². The minimum atomic E-state index is -3.00. The zero-order chi connectivity index (χ0) is 16.2. The predicted octanol–water partition coefficient (Wildman–Crippen LogP) is 1.84. The molecule has 0 unspecified atom stereocenters. The number of alkyl halides is 2. The Morgan fingerprint density at radius 1 is 1.27 bits per heavy atom. The molecule has 1 aromatic carbocycles. The summed E-state index contributed by atoms with van der Waals surface area (Å²) in [6.45, 7) is -2.69. The van der Waals surface area contributed by atoms with Gasteiger partial charge in [0.25, 0.3) is 5.91 Å². The second-order valence-electron chi connectivity index (χ2n) is 5.18. The Morgan fingerprint density at radius 3 is 2.55 bits per heavy atom. The van der Waals surface area contributed by atoms with E-state index in [-0.39, 0.29) is 28.7 Å². The number of ether oxygens (including phenoxy) is 1. The maximum atomic E-state index is 12.3. The van der Waals surface area contributed by atoms with Gasteiger partial charge >= 0.3 is 6.61 Å². The lowest BCUT2D eigenvalue weighted by Gasteiger charge is -2.22. The van der Waals surface area contributed by atoms with Gasteiger partial charge in [-0.25, -0.2) is 8.42 Å². The molecule has 0 spiro atoms. The van der Waals surface area contributed by atoms with Crippen molar-refractivity contribution in [1.29, 1.82) is 0 Å². The second-order valence-corrected chi connectivity index (χ2v) is 7.48. The molecule has 5 nitrogen and oxygen atoms in total. The van der Waals surface area contributed by atoms with Crippen molar-refractivity contribution in [1.82, 2.24) is 5.32 Å². The third kappa shape index (κ3) is 4.66. The third-order valence-electron chi connectivity index (χ3n) is 3.57. The van der Waals surface area contributed by atoms with E-state index in [1.807, 2.05) is 0 Å². The maximum absolute atomic E-state index is 12.3. The number of carbonyl (C=O) groups is 1. The zero-order valence-electron chi connectivity index (χ0n) is 11.8. The Kier molecular flexibility index (Phi) is 5.33. The number of hydrogen-bond acceptors (Lipinski definition) is 4. The van der Waals surface area contributed by atoms with Gasteiger partial charge in [-0.3, -0.25) is 4.79 Å². The van der Waals surface area contributed by atoms with Gasteiger partial charge in [-0.15, -0.1) is 0 Å². The summed E-state index contributed by atoms with van der Waals surface area (Å²) in [5.41, 5.74) is 0.0335. The third-order valence-corrected chi connectivity index (χ3v) is 5.29. The second kappa shape index (κ2) is 7.04. The summed E-state index contributed by atoms with van der Waals surface area (Å²) in [5, 5.41) is 2.65. The van der Waals surface area contributed by atoms with Gasteiger partial charge in [0.05, 0.1) is 17.1 Å². The average molecular weight is 333 g/mol. The van der Waals surface area contributed by atoms with E-state index in [2.05, 4.69) is 10.1 Å². The standard InChI is InChI=1S/C14H17F2NO4S/c15-14(16)21-12-4-2-1-3-11(12)13(18)17-9-10-5-7-22(19,20)8-6-10/h1-4,10,14H,5-9H2,(H,17,18). The first-order valence-electron chi connectivity index (χ1n) is 6.90. The SMILES string of the molecule is O=C(NCC1CCS(=O)(=O)CC1)c1ccccc1OC(F)F. The topological polar surface area (TPSA) is 72.5 Å². The summed E-state index contributed by atoms with van der Waals surface area (Å²) < 4.78 is 51.6. The molecule has 0 saturated carbocycles. The number of hydrogen-bond donors (Lipinski definition) is 1. The van der Waals surface area contributed by atoms with Crippen molar-refractivity contribution in [2.75, 3.05) is 18.1 Å². The van der Waals surface area contributed by atoms with Crippen molar-refractivity contribution in [2.45, 2.75) is 19.5 Å². The zero-order valence-corrected chi connectivity index (χ0v) is 12.6. The van der Waals surface area contributed by atoms with Crippen LogP contribution in [0.5, 0.6) is 5.75 Å². The van der Waals surface area contributed by atoms with Crippen LogP contribution in [0.4, 0.5) is 8.78 Å². The highest BCUT2D eigenvalue weighted by atomic mass is 32.2. The number of halogens is 2. The van der Waals surface area contributed by atoms with Crippen LogP contribution in [0.15, 0.2) is 24.3 Å².